The number of fused-ring (bicyclic) bond motifs is 6. The zero-order valence-electron chi connectivity index (χ0n) is 14.2. The van der Waals surface area contributed by atoms with E-state index in [0.717, 1.165) is 16.5 Å². The molecular formula is C23H17NO. The van der Waals surface area contributed by atoms with Crippen LogP contribution in [0.2, 0.25) is 0 Å². The van der Waals surface area contributed by atoms with E-state index >= 15 is 0 Å². The third-order valence-electron chi connectivity index (χ3n) is 5.06. The van der Waals surface area contributed by atoms with Crippen LogP contribution in [0.15, 0.2) is 71.5 Å². The number of pyridine rings is 1. The minimum absolute atomic E-state index is 0.916. The quantitative estimate of drug-likeness (QED) is 0.333. The molecule has 2 heteroatoms. The van der Waals surface area contributed by atoms with Crippen molar-refractivity contribution in [2.45, 2.75) is 13.8 Å². The van der Waals surface area contributed by atoms with Gasteiger partial charge in [-0.25, -0.2) is 0 Å². The predicted molar refractivity (Wildman–Crippen MR) is 104 cm³/mol. The van der Waals surface area contributed by atoms with Crippen LogP contribution in [0.1, 0.15) is 11.1 Å². The molecule has 120 valence electrons. The Hall–Kier alpha value is -3.13. The molecular weight excluding hydrogens is 306 g/mol. The molecule has 0 bridgehead atoms. The largest absolute Gasteiger partial charge is 0.464 e. The Morgan fingerprint density at radius 2 is 1.52 bits per heavy atom. The van der Waals surface area contributed by atoms with Gasteiger partial charge in [0.25, 0.3) is 0 Å². The highest BCUT2D eigenvalue weighted by atomic mass is 16.3. The molecule has 0 aliphatic carbocycles. The first-order chi connectivity index (χ1) is 12.3. The Kier molecular flexibility index (Phi) is 2.95. The minimum atomic E-state index is 0.916. The van der Waals surface area contributed by atoms with E-state index in [1.807, 2.05) is 18.3 Å². The second-order valence-corrected chi connectivity index (χ2v) is 6.56. The summed E-state index contributed by atoms with van der Waals surface area (Å²) in [5.74, 6) is 0. The van der Waals surface area contributed by atoms with Crippen LogP contribution >= 0.6 is 0 Å². The molecule has 5 rings (SSSR count). The molecule has 0 spiro atoms. The molecule has 0 atom stereocenters. The predicted octanol–water partition coefficient (Wildman–Crippen LogP) is 6.42. The van der Waals surface area contributed by atoms with Gasteiger partial charge in [0.05, 0.1) is 11.8 Å². The summed E-state index contributed by atoms with van der Waals surface area (Å²) >= 11 is 0. The summed E-state index contributed by atoms with van der Waals surface area (Å²) in [5.41, 5.74) is 6.97. The number of furan rings is 1. The molecule has 0 saturated heterocycles. The molecule has 0 amide bonds. The molecule has 0 radical (unpaired) electrons. The summed E-state index contributed by atoms with van der Waals surface area (Å²) in [6, 6.07) is 19.1. The van der Waals surface area contributed by atoms with Gasteiger partial charge in [0.15, 0.2) is 0 Å². The van der Waals surface area contributed by atoms with Gasteiger partial charge in [-0.05, 0) is 53.6 Å². The highest BCUT2D eigenvalue weighted by Gasteiger charge is 2.17. The molecule has 25 heavy (non-hydrogen) atoms. The Morgan fingerprint density at radius 3 is 2.36 bits per heavy atom. The van der Waals surface area contributed by atoms with E-state index in [1.165, 1.54) is 38.4 Å². The number of rotatable bonds is 1. The van der Waals surface area contributed by atoms with Gasteiger partial charge in [-0.2, -0.15) is 0 Å². The summed E-state index contributed by atoms with van der Waals surface area (Å²) < 4.78 is 5.94. The van der Waals surface area contributed by atoms with Crippen molar-refractivity contribution in [1.82, 2.24) is 4.98 Å². The molecule has 0 aliphatic rings. The molecule has 0 fully saturated rings. The van der Waals surface area contributed by atoms with Crippen LogP contribution in [0.5, 0.6) is 0 Å². The van der Waals surface area contributed by atoms with Crippen LogP contribution in [-0.4, -0.2) is 4.98 Å². The smallest absolute Gasteiger partial charge is 0.144 e. The number of benzene rings is 3. The van der Waals surface area contributed by atoms with Crippen molar-refractivity contribution >= 4 is 32.6 Å². The minimum Gasteiger partial charge on any atom is -0.464 e. The Balaban J connectivity index is 2.07. The fraction of sp³-hybridized carbons (Fsp3) is 0.0870. The van der Waals surface area contributed by atoms with Crippen LogP contribution in [0.3, 0.4) is 0 Å². The first-order valence-electron chi connectivity index (χ1n) is 8.49. The van der Waals surface area contributed by atoms with Crippen LogP contribution in [-0.2, 0) is 0 Å². The van der Waals surface area contributed by atoms with Gasteiger partial charge in [0, 0.05) is 22.4 Å². The number of hydrogen-bond acceptors (Lipinski definition) is 2. The maximum atomic E-state index is 5.94. The molecule has 0 saturated carbocycles. The maximum Gasteiger partial charge on any atom is 0.144 e. The van der Waals surface area contributed by atoms with Crippen LogP contribution in [0.25, 0.3) is 43.8 Å². The van der Waals surface area contributed by atoms with Crippen molar-refractivity contribution in [3.63, 3.8) is 0 Å². The lowest BCUT2D eigenvalue weighted by Crippen LogP contribution is -1.91. The number of hydrogen-bond donors (Lipinski definition) is 0. The highest BCUT2D eigenvalue weighted by molar-refractivity contribution is 6.26. The zero-order valence-corrected chi connectivity index (χ0v) is 14.2. The molecule has 0 unspecified atom stereocenters. The van der Waals surface area contributed by atoms with Crippen LogP contribution in [0, 0.1) is 13.8 Å². The lowest BCUT2D eigenvalue weighted by molar-refractivity contribution is 0.619. The zero-order chi connectivity index (χ0) is 17.0. The molecule has 5 aromatic rings. The SMILES string of the molecule is Cc1cccc(C)c1-c1cccc2c3cccnc3c3ccoc3c12. The molecule has 3 aromatic carbocycles. The average Bonchev–Trinajstić information content (AvgIpc) is 3.12. The Bertz CT molecular complexity index is 1240. The second kappa shape index (κ2) is 5.18. The van der Waals surface area contributed by atoms with Crippen molar-refractivity contribution in [3.05, 3.63) is 78.2 Å². The second-order valence-electron chi connectivity index (χ2n) is 6.56. The number of nitrogens with zero attached hydrogens (tertiary/aromatic N) is 1. The fourth-order valence-corrected chi connectivity index (χ4v) is 4.00. The molecule has 0 N–H and O–H groups in total. The van der Waals surface area contributed by atoms with Gasteiger partial charge < -0.3 is 4.42 Å². The first-order valence-corrected chi connectivity index (χ1v) is 8.49. The van der Waals surface area contributed by atoms with Crippen LogP contribution < -0.4 is 0 Å². The Labute approximate surface area is 145 Å². The van der Waals surface area contributed by atoms with E-state index in [2.05, 4.69) is 61.3 Å². The van der Waals surface area contributed by atoms with E-state index < -0.39 is 0 Å². The summed E-state index contributed by atoms with van der Waals surface area (Å²) in [7, 11) is 0. The molecule has 2 aromatic heterocycles. The average molecular weight is 323 g/mol. The first kappa shape index (κ1) is 14.2. The van der Waals surface area contributed by atoms with Crippen molar-refractivity contribution in [3.8, 4) is 11.1 Å². The van der Waals surface area contributed by atoms with Crippen molar-refractivity contribution in [2.75, 3.05) is 0 Å². The molecule has 0 aliphatic heterocycles. The maximum absolute atomic E-state index is 5.94. The molecule has 2 heterocycles. The summed E-state index contributed by atoms with van der Waals surface area (Å²) in [4.78, 5) is 4.61. The van der Waals surface area contributed by atoms with Gasteiger partial charge in [-0.15, -0.1) is 0 Å². The number of aryl methyl sites for hydroxylation is 2. The fourth-order valence-electron chi connectivity index (χ4n) is 4.00. The van der Waals surface area contributed by atoms with Gasteiger partial charge in [0.2, 0.25) is 0 Å². The van der Waals surface area contributed by atoms with E-state index in [-0.39, 0.29) is 0 Å². The van der Waals surface area contributed by atoms with Crippen LogP contribution in [0.4, 0.5) is 0 Å². The highest BCUT2D eigenvalue weighted by Crippen LogP contribution is 2.41. The summed E-state index contributed by atoms with van der Waals surface area (Å²) in [6.07, 6.45) is 3.61. The number of aromatic nitrogens is 1. The van der Waals surface area contributed by atoms with Crippen molar-refractivity contribution in [1.29, 1.82) is 0 Å². The van der Waals surface area contributed by atoms with Gasteiger partial charge in [0.1, 0.15) is 5.58 Å². The van der Waals surface area contributed by atoms with Gasteiger partial charge >= 0.3 is 0 Å². The van der Waals surface area contributed by atoms with Crippen molar-refractivity contribution in [2.24, 2.45) is 0 Å². The van der Waals surface area contributed by atoms with E-state index in [1.54, 1.807) is 6.26 Å². The summed E-state index contributed by atoms with van der Waals surface area (Å²) in [5, 5.41) is 4.59. The third-order valence-corrected chi connectivity index (χ3v) is 5.06. The topological polar surface area (TPSA) is 26.0 Å². The Morgan fingerprint density at radius 1 is 0.760 bits per heavy atom. The monoisotopic (exact) mass is 323 g/mol. The standard InChI is InChI=1S/C23H17NO/c1-14-6-3-7-15(2)20(14)18-9-4-8-16-17-10-5-12-24-22(17)19-11-13-25-23(19)21(16)18/h3-13H,1-2H3. The molecule has 2 nitrogen and oxygen atoms in total. The van der Waals surface area contributed by atoms with E-state index in [0.29, 0.717) is 0 Å². The van der Waals surface area contributed by atoms with E-state index in [9.17, 15) is 0 Å². The normalized spacial score (nSPS) is 11.6. The lowest BCUT2D eigenvalue weighted by Gasteiger charge is -2.14. The van der Waals surface area contributed by atoms with Gasteiger partial charge in [-0.1, -0.05) is 42.5 Å². The van der Waals surface area contributed by atoms with Crippen molar-refractivity contribution < 1.29 is 4.42 Å². The lowest BCUT2D eigenvalue weighted by atomic mass is 9.90. The summed E-state index contributed by atoms with van der Waals surface area (Å²) in [6.45, 7) is 4.34. The van der Waals surface area contributed by atoms with Gasteiger partial charge in [-0.3, -0.25) is 4.98 Å². The third kappa shape index (κ3) is 1.94. The van der Waals surface area contributed by atoms with E-state index in [4.69, 9.17) is 4.42 Å².